The minimum atomic E-state index is 0.334. The van der Waals surface area contributed by atoms with Crippen LogP contribution < -0.4 is 0 Å². The van der Waals surface area contributed by atoms with Crippen LogP contribution in [0.25, 0.3) is 11.1 Å². The van der Waals surface area contributed by atoms with Crippen LogP contribution >= 0.6 is 0 Å². The lowest BCUT2D eigenvalue weighted by atomic mass is 9.85. The average Bonchev–Trinajstić information content (AvgIpc) is 2.30. The van der Waals surface area contributed by atoms with E-state index in [1.807, 2.05) is 0 Å². The van der Waals surface area contributed by atoms with E-state index in [1.54, 1.807) is 0 Å². The summed E-state index contributed by atoms with van der Waals surface area (Å²) in [7, 11) is 0. The van der Waals surface area contributed by atoms with Gasteiger partial charge in [-0.3, -0.25) is 0 Å². The van der Waals surface area contributed by atoms with Gasteiger partial charge in [-0.25, -0.2) is 0 Å². The molecule has 0 saturated heterocycles. The molecule has 0 spiro atoms. The van der Waals surface area contributed by atoms with Crippen LogP contribution in [0.3, 0.4) is 0 Å². The van der Waals surface area contributed by atoms with Crippen LogP contribution in [0.4, 0.5) is 0 Å². The third-order valence-corrected chi connectivity index (χ3v) is 4.12. The Morgan fingerprint density at radius 3 is 1.76 bits per heavy atom. The van der Waals surface area contributed by atoms with Gasteiger partial charge in [-0.2, -0.15) is 0 Å². The SMILES string of the molecule is Cc1ccc(-c2c(C)cc(CC(C)(C)C)cc2C)cc1C. The van der Waals surface area contributed by atoms with E-state index < -0.39 is 0 Å². The zero-order chi connectivity index (χ0) is 15.8. The summed E-state index contributed by atoms with van der Waals surface area (Å²) in [5.41, 5.74) is 10.0. The fourth-order valence-corrected chi connectivity index (χ4v) is 3.12. The second-order valence-corrected chi connectivity index (χ2v) is 7.64. The fraction of sp³-hybridized carbons (Fsp3) is 0.429. The molecule has 2 rings (SSSR count). The summed E-state index contributed by atoms with van der Waals surface area (Å²) in [5.74, 6) is 0. The molecule has 0 atom stereocenters. The third kappa shape index (κ3) is 3.75. The van der Waals surface area contributed by atoms with Gasteiger partial charge in [0, 0.05) is 0 Å². The van der Waals surface area contributed by atoms with Crippen molar-refractivity contribution in [1.82, 2.24) is 0 Å². The maximum absolute atomic E-state index is 2.36. The van der Waals surface area contributed by atoms with Crippen molar-refractivity contribution in [2.24, 2.45) is 5.41 Å². The van der Waals surface area contributed by atoms with Gasteiger partial charge in [-0.05, 0) is 78.5 Å². The quantitative estimate of drug-likeness (QED) is 0.616. The van der Waals surface area contributed by atoms with Gasteiger partial charge in [0.25, 0.3) is 0 Å². The van der Waals surface area contributed by atoms with E-state index in [4.69, 9.17) is 0 Å². The molecule has 2 aromatic carbocycles. The second kappa shape index (κ2) is 5.67. The molecule has 21 heavy (non-hydrogen) atoms. The molecule has 112 valence electrons. The maximum Gasteiger partial charge on any atom is -0.0125 e. The first-order valence-corrected chi connectivity index (χ1v) is 7.85. The predicted molar refractivity (Wildman–Crippen MR) is 94.0 cm³/mol. The lowest BCUT2D eigenvalue weighted by Gasteiger charge is -2.20. The molecular formula is C21H28. The molecule has 0 aliphatic heterocycles. The zero-order valence-electron chi connectivity index (χ0n) is 14.6. The van der Waals surface area contributed by atoms with Gasteiger partial charge < -0.3 is 0 Å². The van der Waals surface area contributed by atoms with Crippen LogP contribution in [0.15, 0.2) is 30.3 Å². The van der Waals surface area contributed by atoms with Crippen molar-refractivity contribution in [2.45, 2.75) is 54.9 Å². The second-order valence-electron chi connectivity index (χ2n) is 7.64. The number of rotatable bonds is 2. The minimum absolute atomic E-state index is 0.334. The third-order valence-electron chi connectivity index (χ3n) is 4.12. The lowest BCUT2D eigenvalue weighted by molar-refractivity contribution is 0.411. The van der Waals surface area contributed by atoms with Crippen LogP contribution in [0, 0.1) is 33.1 Å². The van der Waals surface area contributed by atoms with Crippen molar-refractivity contribution in [2.75, 3.05) is 0 Å². The van der Waals surface area contributed by atoms with Crippen LogP contribution in [0.1, 0.15) is 48.6 Å². The monoisotopic (exact) mass is 280 g/mol. The highest BCUT2D eigenvalue weighted by atomic mass is 14.2. The molecule has 0 aromatic heterocycles. The van der Waals surface area contributed by atoms with Crippen molar-refractivity contribution in [1.29, 1.82) is 0 Å². The van der Waals surface area contributed by atoms with Crippen molar-refractivity contribution in [3.05, 3.63) is 58.1 Å². The molecule has 0 heteroatoms. The summed E-state index contributed by atoms with van der Waals surface area (Å²) >= 11 is 0. The van der Waals surface area contributed by atoms with Gasteiger partial charge in [0.05, 0.1) is 0 Å². The van der Waals surface area contributed by atoms with E-state index in [0.29, 0.717) is 5.41 Å². The Bertz CT molecular complexity index is 631. The molecule has 0 amide bonds. The summed E-state index contributed by atoms with van der Waals surface area (Å²) in [4.78, 5) is 0. The Balaban J connectivity index is 2.48. The summed E-state index contributed by atoms with van der Waals surface area (Å²) in [6.07, 6.45) is 1.13. The Morgan fingerprint density at radius 1 is 0.714 bits per heavy atom. The predicted octanol–water partition coefficient (Wildman–Crippen LogP) is 6.18. The first kappa shape index (κ1) is 15.8. The fourth-order valence-electron chi connectivity index (χ4n) is 3.12. The van der Waals surface area contributed by atoms with Gasteiger partial charge in [-0.1, -0.05) is 51.1 Å². The molecule has 0 bridgehead atoms. The molecular weight excluding hydrogens is 252 g/mol. The van der Waals surface area contributed by atoms with Crippen LogP contribution in [-0.2, 0) is 6.42 Å². The molecule has 0 nitrogen and oxygen atoms in total. The smallest absolute Gasteiger partial charge is 0.0125 e. The Hall–Kier alpha value is -1.56. The number of aryl methyl sites for hydroxylation is 4. The van der Waals surface area contributed by atoms with E-state index in [9.17, 15) is 0 Å². The summed E-state index contributed by atoms with van der Waals surface area (Å²) in [5, 5.41) is 0. The highest BCUT2D eigenvalue weighted by Gasteiger charge is 2.14. The number of hydrogen-bond acceptors (Lipinski definition) is 0. The van der Waals surface area contributed by atoms with E-state index in [1.165, 1.54) is 38.9 Å². The molecule has 0 aliphatic rings. The van der Waals surface area contributed by atoms with E-state index in [-0.39, 0.29) is 0 Å². The van der Waals surface area contributed by atoms with Crippen LogP contribution in [0.2, 0.25) is 0 Å². The maximum atomic E-state index is 2.36. The standard InChI is InChI=1S/C21H28/c1-14-8-9-19(12-15(14)2)20-16(3)10-18(11-17(20)4)13-21(5,6)7/h8-12H,13H2,1-7H3. The molecule has 0 fully saturated rings. The first-order chi connectivity index (χ1) is 9.67. The highest BCUT2D eigenvalue weighted by Crippen LogP contribution is 2.31. The Labute approximate surface area is 130 Å². The molecule has 0 N–H and O–H groups in total. The molecule has 0 aliphatic carbocycles. The highest BCUT2D eigenvalue weighted by molar-refractivity contribution is 5.72. The summed E-state index contributed by atoms with van der Waals surface area (Å²) < 4.78 is 0. The van der Waals surface area contributed by atoms with E-state index >= 15 is 0 Å². The normalized spacial score (nSPS) is 11.8. The molecule has 0 heterocycles. The van der Waals surface area contributed by atoms with Crippen molar-refractivity contribution >= 4 is 0 Å². The topological polar surface area (TPSA) is 0 Å². The summed E-state index contributed by atoms with van der Waals surface area (Å²) in [6.45, 7) is 15.7. The van der Waals surface area contributed by atoms with Gasteiger partial charge in [-0.15, -0.1) is 0 Å². The molecule has 0 radical (unpaired) electrons. The van der Waals surface area contributed by atoms with Crippen molar-refractivity contribution < 1.29 is 0 Å². The largest absolute Gasteiger partial charge is 0.0599 e. The lowest BCUT2D eigenvalue weighted by Crippen LogP contribution is -2.09. The van der Waals surface area contributed by atoms with Gasteiger partial charge in [0.1, 0.15) is 0 Å². The van der Waals surface area contributed by atoms with Gasteiger partial charge in [0.15, 0.2) is 0 Å². The van der Waals surface area contributed by atoms with Gasteiger partial charge >= 0.3 is 0 Å². The molecule has 0 unspecified atom stereocenters. The van der Waals surface area contributed by atoms with Crippen LogP contribution in [-0.4, -0.2) is 0 Å². The summed E-state index contributed by atoms with van der Waals surface area (Å²) in [6, 6.07) is 11.5. The zero-order valence-corrected chi connectivity index (χ0v) is 14.6. The van der Waals surface area contributed by atoms with Crippen molar-refractivity contribution in [3.8, 4) is 11.1 Å². The van der Waals surface area contributed by atoms with E-state index in [2.05, 4.69) is 78.8 Å². The first-order valence-electron chi connectivity index (χ1n) is 7.85. The minimum Gasteiger partial charge on any atom is -0.0599 e. The number of hydrogen-bond donors (Lipinski definition) is 0. The Morgan fingerprint density at radius 2 is 1.29 bits per heavy atom. The van der Waals surface area contributed by atoms with Gasteiger partial charge in [0.2, 0.25) is 0 Å². The Kier molecular flexibility index (Phi) is 4.27. The number of benzene rings is 2. The molecule has 0 saturated carbocycles. The van der Waals surface area contributed by atoms with E-state index in [0.717, 1.165) is 6.42 Å². The van der Waals surface area contributed by atoms with Crippen LogP contribution in [0.5, 0.6) is 0 Å². The van der Waals surface area contributed by atoms with Crippen molar-refractivity contribution in [3.63, 3.8) is 0 Å². The average molecular weight is 280 g/mol. The molecule has 2 aromatic rings.